The smallest absolute Gasteiger partial charge is 0.301 e. The largest absolute Gasteiger partial charge is 0.379 e. The Kier molecular flexibility index (Phi) is 5.03. The van der Waals surface area contributed by atoms with Gasteiger partial charge in [-0.25, -0.2) is 0 Å². The number of pyridine rings is 2. The van der Waals surface area contributed by atoms with E-state index in [0.29, 0.717) is 29.7 Å². The number of benzene rings is 1. The molecule has 0 aliphatic heterocycles. The molecule has 7 nitrogen and oxygen atoms in total. The first-order valence-corrected chi connectivity index (χ1v) is 8.08. The van der Waals surface area contributed by atoms with Gasteiger partial charge in [0, 0.05) is 31.5 Å². The predicted octanol–water partition coefficient (Wildman–Crippen LogP) is 3.20. The number of nitro benzene ring substituents is 1. The lowest BCUT2D eigenvalue weighted by molar-refractivity contribution is -0.382. The molecule has 3 aromatic rings. The van der Waals surface area contributed by atoms with Gasteiger partial charge in [-0.05, 0) is 43.2 Å². The van der Waals surface area contributed by atoms with Gasteiger partial charge in [0.25, 0.3) is 0 Å². The lowest BCUT2D eigenvalue weighted by atomic mass is 10.1. The molecule has 1 aromatic carbocycles. The predicted molar refractivity (Wildman–Crippen MR) is 96.8 cm³/mol. The average Bonchev–Trinajstić information content (AvgIpc) is 2.62. The van der Waals surface area contributed by atoms with Crippen LogP contribution in [-0.2, 0) is 6.54 Å². The van der Waals surface area contributed by atoms with E-state index in [4.69, 9.17) is 0 Å². The molecule has 0 saturated carbocycles. The maximum absolute atomic E-state index is 11.6. The van der Waals surface area contributed by atoms with Crippen molar-refractivity contribution >= 4 is 22.3 Å². The number of hydrogen-bond donors (Lipinski definition) is 1. The van der Waals surface area contributed by atoms with E-state index in [9.17, 15) is 14.9 Å². The maximum atomic E-state index is 11.6. The molecule has 0 unspecified atom stereocenters. The SMILES string of the molecule is O=c1ccccn1CCCCNc1ccc2ncccc2c1[N+](=O)[O-]. The van der Waals surface area contributed by atoms with Gasteiger partial charge in [0.1, 0.15) is 5.69 Å². The third-order valence-corrected chi connectivity index (χ3v) is 3.98. The standard InChI is InChI=1S/C18H18N4O3/c23-17-7-1-3-12-21(17)13-4-2-10-20-16-9-8-15-14(6-5-11-19-15)18(16)22(24)25/h1,3,5-9,11-12,20H,2,4,10,13H2. The fourth-order valence-electron chi connectivity index (χ4n) is 2.75. The number of hydrogen-bond acceptors (Lipinski definition) is 5. The lowest BCUT2D eigenvalue weighted by Gasteiger charge is -2.09. The van der Waals surface area contributed by atoms with E-state index in [1.807, 2.05) is 6.07 Å². The molecule has 2 heterocycles. The summed E-state index contributed by atoms with van der Waals surface area (Å²) in [6, 6.07) is 11.9. The molecular weight excluding hydrogens is 320 g/mol. The number of unbranched alkanes of at least 4 members (excludes halogenated alkanes) is 1. The van der Waals surface area contributed by atoms with Crippen molar-refractivity contribution in [3.05, 3.63) is 75.3 Å². The second kappa shape index (κ2) is 7.57. The summed E-state index contributed by atoms with van der Waals surface area (Å²) >= 11 is 0. The third-order valence-electron chi connectivity index (χ3n) is 3.98. The lowest BCUT2D eigenvalue weighted by Crippen LogP contribution is -2.18. The van der Waals surface area contributed by atoms with Crippen molar-refractivity contribution in [1.82, 2.24) is 9.55 Å². The van der Waals surface area contributed by atoms with Crippen molar-refractivity contribution in [3.8, 4) is 0 Å². The van der Waals surface area contributed by atoms with Crippen LogP contribution in [0.3, 0.4) is 0 Å². The summed E-state index contributed by atoms with van der Waals surface area (Å²) in [4.78, 5) is 26.8. The Labute approximate surface area is 144 Å². The van der Waals surface area contributed by atoms with Crippen LogP contribution in [0, 0.1) is 10.1 Å². The zero-order valence-electron chi connectivity index (χ0n) is 13.6. The molecule has 0 amide bonds. The Morgan fingerprint density at radius 1 is 1.12 bits per heavy atom. The van der Waals surface area contributed by atoms with Crippen molar-refractivity contribution in [2.24, 2.45) is 0 Å². The molecule has 1 N–H and O–H groups in total. The number of nitrogens with zero attached hydrogens (tertiary/aromatic N) is 3. The van der Waals surface area contributed by atoms with Crippen molar-refractivity contribution in [3.63, 3.8) is 0 Å². The van der Waals surface area contributed by atoms with E-state index < -0.39 is 0 Å². The number of rotatable bonds is 7. The molecule has 0 bridgehead atoms. The van der Waals surface area contributed by atoms with Crippen LogP contribution in [0.1, 0.15) is 12.8 Å². The summed E-state index contributed by atoms with van der Waals surface area (Å²) in [7, 11) is 0. The number of aryl methyl sites for hydroxylation is 1. The summed E-state index contributed by atoms with van der Waals surface area (Å²) in [6.45, 7) is 1.22. The minimum atomic E-state index is -0.379. The highest BCUT2D eigenvalue weighted by Gasteiger charge is 2.18. The highest BCUT2D eigenvalue weighted by atomic mass is 16.6. The molecule has 25 heavy (non-hydrogen) atoms. The molecule has 7 heteroatoms. The van der Waals surface area contributed by atoms with E-state index in [-0.39, 0.29) is 16.2 Å². The Morgan fingerprint density at radius 2 is 2.00 bits per heavy atom. The number of fused-ring (bicyclic) bond motifs is 1. The molecule has 0 radical (unpaired) electrons. The molecule has 2 aromatic heterocycles. The average molecular weight is 338 g/mol. The zero-order valence-corrected chi connectivity index (χ0v) is 13.6. The molecular formula is C18H18N4O3. The third kappa shape index (κ3) is 3.82. The van der Waals surface area contributed by atoms with Crippen LogP contribution in [0.25, 0.3) is 10.9 Å². The normalized spacial score (nSPS) is 10.7. The highest BCUT2D eigenvalue weighted by molar-refractivity contribution is 5.94. The minimum Gasteiger partial charge on any atom is -0.379 e. The molecule has 0 aliphatic carbocycles. The van der Waals surface area contributed by atoms with Gasteiger partial charge in [0.2, 0.25) is 5.56 Å². The second-order valence-corrected chi connectivity index (χ2v) is 5.66. The molecule has 0 aliphatic rings. The van der Waals surface area contributed by atoms with E-state index in [1.54, 1.807) is 47.3 Å². The molecule has 128 valence electrons. The van der Waals surface area contributed by atoms with Gasteiger partial charge in [0.05, 0.1) is 15.8 Å². The summed E-state index contributed by atoms with van der Waals surface area (Å²) in [5.41, 5.74) is 1.11. The summed E-state index contributed by atoms with van der Waals surface area (Å²) in [6.07, 6.45) is 4.98. The van der Waals surface area contributed by atoms with Crippen LogP contribution in [-0.4, -0.2) is 21.0 Å². The number of aromatic nitrogens is 2. The Bertz CT molecular complexity index is 952. The second-order valence-electron chi connectivity index (χ2n) is 5.66. The van der Waals surface area contributed by atoms with Crippen LogP contribution >= 0.6 is 0 Å². The monoisotopic (exact) mass is 338 g/mol. The van der Waals surface area contributed by atoms with E-state index in [2.05, 4.69) is 10.3 Å². The van der Waals surface area contributed by atoms with Gasteiger partial charge in [0.15, 0.2) is 0 Å². The Balaban J connectivity index is 1.63. The fourth-order valence-corrected chi connectivity index (χ4v) is 2.75. The first-order valence-electron chi connectivity index (χ1n) is 8.08. The number of nitrogens with one attached hydrogen (secondary N) is 1. The van der Waals surface area contributed by atoms with Gasteiger partial charge in [-0.1, -0.05) is 6.07 Å². The highest BCUT2D eigenvalue weighted by Crippen LogP contribution is 2.32. The van der Waals surface area contributed by atoms with E-state index in [1.165, 1.54) is 6.07 Å². The number of anilines is 1. The summed E-state index contributed by atoms with van der Waals surface area (Å²) in [5, 5.41) is 15.1. The zero-order chi connectivity index (χ0) is 17.6. The fraction of sp³-hybridized carbons (Fsp3) is 0.222. The molecule has 3 rings (SSSR count). The van der Waals surface area contributed by atoms with Gasteiger partial charge < -0.3 is 9.88 Å². The van der Waals surface area contributed by atoms with Crippen LogP contribution < -0.4 is 10.9 Å². The van der Waals surface area contributed by atoms with Crippen molar-refractivity contribution in [2.45, 2.75) is 19.4 Å². The van der Waals surface area contributed by atoms with Crippen LogP contribution in [0.4, 0.5) is 11.4 Å². The molecule has 0 saturated heterocycles. The van der Waals surface area contributed by atoms with Crippen LogP contribution in [0.15, 0.2) is 59.7 Å². The van der Waals surface area contributed by atoms with Crippen molar-refractivity contribution in [1.29, 1.82) is 0 Å². The quantitative estimate of drug-likeness (QED) is 0.406. The topological polar surface area (TPSA) is 90.1 Å². The van der Waals surface area contributed by atoms with Crippen molar-refractivity contribution < 1.29 is 4.92 Å². The van der Waals surface area contributed by atoms with E-state index in [0.717, 1.165) is 12.8 Å². The Hall–Kier alpha value is -3.22. The van der Waals surface area contributed by atoms with Crippen LogP contribution in [0.2, 0.25) is 0 Å². The molecule has 0 spiro atoms. The molecule has 0 atom stereocenters. The van der Waals surface area contributed by atoms with Gasteiger partial charge >= 0.3 is 5.69 Å². The van der Waals surface area contributed by atoms with Gasteiger partial charge in [-0.15, -0.1) is 0 Å². The first-order chi connectivity index (χ1) is 12.2. The first kappa shape index (κ1) is 16.6. The Morgan fingerprint density at radius 3 is 2.80 bits per heavy atom. The van der Waals surface area contributed by atoms with Gasteiger partial charge in [-0.2, -0.15) is 0 Å². The maximum Gasteiger partial charge on any atom is 0.301 e. The van der Waals surface area contributed by atoms with Gasteiger partial charge in [-0.3, -0.25) is 19.9 Å². The molecule has 0 fully saturated rings. The summed E-state index contributed by atoms with van der Waals surface area (Å²) < 4.78 is 1.66. The number of nitro groups is 1. The summed E-state index contributed by atoms with van der Waals surface area (Å²) in [5.74, 6) is 0. The van der Waals surface area contributed by atoms with E-state index >= 15 is 0 Å². The van der Waals surface area contributed by atoms with Crippen LogP contribution in [0.5, 0.6) is 0 Å². The van der Waals surface area contributed by atoms with Crippen molar-refractivity contribution in [2.75, 3.05) is 11.9 Å². The minimum absolute atomic E-state index is 0.0203.